The van der Waals surface area contributed by atoms with E-state index in [2.05, 4.69) is 4.90 Å². The van der Waals surface area contributed by atoms with E-state index in [9.17, 15) is 36.2 Å². The van der Waals surface area contributed by atoms with Gasteiger partial charge in [-0.25, -0.2) is 0 Å². The topological polar surface area (TPSA) is 59.0 Å². The van der Waals surface area contributed by atoms with Crippen molar-refractivity contribution in [3.63, 3.8) is 0 Å². The number of ether oxygens (including phenoxy) is 2. The second-order valence-electron chi connectivity index (χ2n) is 13.0. The zero-order chi connectivity index (χ0) is 33.5. The Bertz CT molecular complexity index is 1470. The summed E-state index contributed by atoms with van der Waals surface area (Å²) in [5.41, 5.74) is -3.46. The van der Waals surface area contributed by atoms with Crippen LogP contribution in [0.5, 0.6) is 0 Å². The summed E-state index contributed by atoms with van der Waals surface area (Å²) in [6.45, 7) is 4.87. The molecule has 2 saturated heterocycles. The van der Waals surface area contributed by atoms with E-state index in [-0.39, 0.29) is 24.5 Å². The molecule has 0 amide bonds. The molecule has 0 radical (unpaired) electrons. The van der Waals surface area contributed by atoms with Crippen LogP contribution in [0.25, 0.3) is 0 Å². The lowest BCUT2D eigenvalue weighted by Crippen LogP contribution is -2.57. The molecule has 0 unspecified atom stereocenters. The van der Waals surface area contributed by atoms with Crippen molar-refractivity contribution in [2.75, 3.05) is 6.61 Å². The SMILES string of the molecule is CC(C)(C)OC(=O)[C@@H]1C[C@@]2(c3ccccc3)[C@H](O[C@H](CO)c3cc(C(F)(F)F)cc(C(F)(F)F)c3)CC[C@@H]1N2Cc1ccccc1. The van der Waals surface area contributed by atoms with Crippen molar-refractivity contribution >= 4 is 5.97 Å². The van der Waals surface area contributed by atoms with E-state index in [1.807, 2.05) is 60.7 Å². The fourth-order valence-corrected chi connectivity index (χ4v) is 6.96. The average Bonchev–Trinajstić information content (AvgIpc) is 3.20. The number of benzene rings is 3. The third kappa shape index (κ3) is 6.96. The lowest BCUT2D eigenvalue weighted by molar-refractivity contribution is -0.161. The fourth-order valence-electron chi connectivity index (χ4n) is 6.96. The maximum atomic E-state index is 13.7. The van der Waals surface area contributed by atoms with Gasteiger partial charge in [0.05, 0.1) is 35.3 Å². The number of carbonyl (C=O) groups excluding carboxylic acids is 1. The molecule has 5 rings (SSSR count). The molecule has 0 aromatic heterocycles. The molecule has 3 aromatic carbocycles. The van der Waals surface area contributed by atoms with Gasteiger partial charge in [0.15, 0.2) is 0 Å². The van der Waals surface area contributed by atoms with Gasteiger partial charge in [-0.3, -0.25) is 9.69 Å². The normalized spacial score (nSPS) is 24.5. The second kappa shape index (κ2) is 12.7. The molecule has 1 N–H and O–H groups in total. The number of carbonyl (C=O) groups is 1. The maximum Gasteiger partial charge on any atom is 0.416 e. The number of halogens is 6. The zero-order valence-electron chi connectivity index (χ0n) is 25.7. The Hall–Kier alpha value is -3.41. The van der Waals surface area contributed by atoms with Crippen molar-refractivity contribution in [2.45, 2.75) is 88.3 Å². The van der Waals surface area contributed by atoms with Crippen molar-refractivity contribution in [1.82, 2.24) is 4.90 Å². The summed E-state index contributed by atoms with van der Waals surface area (Å²) in [6.07, 6.45) is -11.4. The van der Waals surface area contributed by atoms with Crippen molar-refractivity contribution in [2.24, 2.45) is 5.92 Å². The summed E-state index contributed by atoms with van der Waals surface area (Å²) in [5, 5.41) is 10.4. The van der Waals surface area contributed by atoms with Crippen LogP contribution in [-0.4, -0.2) is 40.3 Å². The van der Waals surface area contributed by atoms with Gasteiger partial charge in [0.1, 0.15) is 11.7 Å². The van der Waals surface area contributed by atoms with Gasteiger partial charge < -0.3 is 14.6 Å². The first-order valence-electron chi connectivity index (χ1n) is 15.2. The third-order valence-electron chi connectivity index (χ3n) is 8.82. The van der Waals surface area contributed by atoms with E-state index >= 15 is 0 Å². The molecule has 11 heteroatoms. The van der Waals surface area contributed by atoms with Crippen LogP contribution in [0.3, 0.4) is 0 Å². The van der Waals surface area contributed by atoms with Gasteiger partial charge in [-0.05, 0) is 74.9 Å². The van der Waals surface area contributed by atoms with Gasteiger partial charge in [0.25, 0.3) is 0 Å². The number of rotatable bonds is 8. The minimum atomic E-state index is -5.06. The molecule has 2 aliphatic rings. The predicted molar refractivity (Wildman–Crippen MR) is 158 cm³/mol. The monoisotopic (exact) mass is 649 g/mol. The highest BCUT2D eigenvalue weighted by Crippen LogP contribution is 2.56. The van der Waals surface area contributed by atoms with Gasteiger partial charge in [-0.1, -0.05) is 60.7 Å². The molecule has 0 saturated carbocycles. The lowest BCUT2D eigenvalue weighted by atomic mass is 9.78. The Kier molecular flexibility index (Phi) is 9.34. The molecule has 2 aliphatic heterocycles. The van der Waals surface area contributed by atoms with Crippen LogP contribution in [0.2, 0.25) is 0 Å². The molecule has 2 bridgehead atoms. The van der Waals surface area contributed by atoms with Crippen molar-refractivity contribution in [1.29, 1.82) is 0 Å². The van der Waals surface area contributed by atoms with E-state index in [1.54, 1.807) is 20.8 Å². The quantitative estimate of drug-likeness (QED) is 0.198. The second-order valence-corrected chi connectivity index (χ2v) is 13.0. The summed E-state index contributed by atoms with van der Waals surface area (Å²) < 4.78 is 94.8. The third-order valence-corrected chi connectivity index (χ3v) is 8.82. The Morgan fingerprint density at radius 3 is 1.98 bits per heavy atom. The summed E-state index contributed by atoms with van der Waals surface area (Å²) >= 11 is 0. The molecule has 2 fully saturated rings. The minimum absolute atomic E-state index is 0.0542. The molecule has 5 nitrogen and oxygen atoms in total. The Morgan fingerprint density at radius 1 is 0.891 bits per heavy atom. The molecule has 5 atom stereocenters. The van der Waals surface area contributed by atoms with Gasteiger partial charge in [-0.2, -0.15) is 26.3 Å². The van der Waals surface area contributed by atoms with Crippen molar-refractivity contribution in [3.8, 4) is 0 Å². The van der Waals surface area contributed by atoms with Crippen LogP contribution in [0.1, 0.15) is 74.0 Å². The summed E-state index contributed by atoms with van der Waals surface area (Å²) in [6, 6.07) is 19.8. The fraction of sp³-hybridized carbons (Fsp3) is 0.457. The summed E-state index contributed by atoms with van der Waals surface area (Å²) in [4.78, 5) is 15.9. The predicted octanol–water partition coefficient (Wildman–Crippen LogP) is 8.06. The Morgan fingerprint density at radius 2 is 1.46 bits per heavy atom. The highest BCUT2D eigenvalue weighted by Gasteiger charge is 2.62. The highest BCUT2D eigenvalue weighted by molar-refractivity contribution is 5.75. The molecule has 0 spiro atoms. The highest BCUT2D eigenvalue weighted by atomic mass is 19.4. The Balaban J connectivity index is 1.62. The van der Waals surface area contributed by atoms with Crippen LogP contribution in [0.4, 0.5) is 26.3 Å². The molecule has 46 heavy (non-hydrogen) atoms. The van der Waals surface area contributed by atoms with Crippen LogP contribution in [0, 0.1) is 5.92 Å². The summed E-state index contributed by atoms with van der Waals surface area (Å²) in [7, 11) is 0. The van der Waals surface area contributed by atoms with Gasteiger partial charge in [0, 0.05) is 12.6 Å². The lowest BCUT2D eigenvalue weighted by Gasteiger charge is -2.51. The number of piperidine rings is 1. The number of nitrogens with zero attached hydrogens (tertiary/aromatic N) is 1. The van der Waals surface area contributed by atoms with E-state index in [4.69, 9.17) is 9.47 Å². The first-order chi connectivity index (χ1) is 21.5. The van der Waals surface area contributed by atoms with Crippen LogP contribution in [0.15, 0.2) is 78.9 Å². The molecule has 0 aliphatic carbocycles. The number of alkyl halides is 6. The molecule has 3 aromatic rings. The van der Waals surface area contributed by atoms with E-state index < -0.39 is 64.9 Å². The first kappa shape index (κ1) is 33.9. The van der Waals surface area contributed by atoms with E-state index in [0.717, 1.165) is 11.1 Å². The van der Waals surface area contributed by atoms with Crippen LogP contribution in [-0.2, 0) is 38.7 Å². The number of fused-ring (bicyclic) bond motifs is 2. The summed E-state index contributed by atoms with van der Waals surface area (Å²) in [5.74, 6) is -0.977. The molecule has 2 heterocycles. The molecule has 248 valence electrons. The van der Waals surface area contributed by atoms with Gasteiger partial charge in [-0.15, -0.1) is 0 Å². The van der Waals surface area contributed by atoms with Gasteiger partial charge >= 0.3 is 18.3 Å². The Labute approximate surface area is 264 Å². The zero-order valence-corrected chi connectivity index (χ0v) is 25.7. The van der Waals surface area contributed by atoms with E-state index in [0.29, 0.717) is 31.5 Å². The van der Waals surface area contributed by atoms with Crippen molar-refractivity contribution < 1.29 is 45.7 Å². The number of hydrogen-bond acceptors (Lipinski definition) is 5. The maximum absolute atomic E-state index is 13.7. The first-order valence-corrected chi connectivity index (χ1v) is 15.2. The van der Waals surface area contributed by atoms with E-state index in [1.165, 1.54) is 0 Å². The van der Waals surface area contributed by atoms with Crippen molar-refractivity contribution in [3.05, 3.63) is 107 Å². The van der Waals surface area contributed by atoms with Gasteiger partial charge in [0.2, 0.25) is 0 Å². The smallest absolute Gasteiger partial charge is 0.416 e. The van der Waals surface area contributed by atoms with Crippen LogP contribution < -0.4 is 0 Å². The number of aliphatic hydroxyl groups is 1. The molecular weight excluding hydrogens is 612 g/mol. The number of esters is 1. The number of hydrogen-bond donors (Lipinski definition) is 1. The average molecular weight is 650 g/mol. The van der Waals surface area contributed by atoms with Crippen LogP contribution >= 0.6 is 0 Å². The molecular formula is C35H37F6NO4. The number of aliphatic hydroxyl groups excluding tert-OH is 1. The minimum Gasteiger partial charge on any atom is -0.460 e. The largest absolute Gasteiger partial charge is 0.460 e. The standard InChI is InChI=1S/C35H37F6NO4/c1-32(2,3)46-31(44)27-19-33(24-12-8-5-9-13-24)30(15-14-28(27)42(33)20-22-10-6-4-7-11-22)45-29(21-43)23-16-25(34(36,37)38)18-26(17-23)35(39,40)41/h4-13,16-18,27-30,43H,14-15,19-21H2,1-3H3/t27-,28+,29-,30-,33-/m1/s1.